The van der Waals surface area contributed by atoms with Crippen molar-refractivity contribution in [3.63, 3.8) is 0 Å². The SMILES string of the molecule is O=C(Nc1cccnc1)[C@H]1C[C@]12CCN(C(=O)Nc1ccc(F)cc1)C2. The molecule has 1 saturated heterocycles. The van der Waals surface area contributed by atoms with Crippen LogP contribution in [0.1, 0.15) is 12.8 Å². The second-order valence-electron chi connectivity index (χ2n) is 6.96. The molecular formula is C19H19FN4O2. The molecule has 1 aliphatic carbocycles. The molecule has 2 fully saturated rings. The Bertz CT molecular complexity index is 827. The largest absolute Gasteiger partial charge is 0.324 e. The first-order valence-corrected chi connectivity index (χ1v) is 8.58. The number of likely N-dealkylation sites (tertiary alicyclic amines) is 1. The summed E-state index contributed by atoms with van der Waals surface area (Å²) < 4.78 is 12.9. The molecule has 134 valence electrons. The predicted molar refractivity (Wildman–Crippen MR) is 95.0 cm³/mol. The maximum Gasteiger partial charge on any atom is 0.321 e. The summed E-state index contributed by atoms with van der Waals surface area (Å²) in [6.07, 6.45) is 4.88. The monoisotopic (exact) mass is 354 g/mol. The third-order valence-electron chi connectivity index (χ3n) is 5.20. The normalized spacial score (nSPS) is 23.7. The molecule has 0 bridgehead atoms. The van der Waals surface area contributed by atoms with Gasteiger partial charge in [-0.3, -0.25) is 9.78 Å². The van der Waals surface area contributed by atoms with Gasteiger partial charge in [0.15, 0.2) is 0 Å². The molecule has 3 amide bonds. The lowest BCUT2D eigenvalue weighted by atomic mass is 10.0. The quantitative estimate of drug-likeness (QED) is 0.889. The highest BCUT2D eigenvalue weighted by Gasteiger charge is 2.61. The molecule has 1 aromatic carbocycles. The van der Waals surface area contributed by atoms with Crippen molar-refractivity contribution in [1.82, 2.24) is 9.88 Å². The first-order chi connectivity index (χ1) is 12.6. The number of nitrogens with one attached hydrogen (secondary N) is 2. The topological polar surface area (TPSA) is 74.3 Å². The van der Waals surface area contributed by atoms with Crippen molar-refractivity contribution < 1.29 is 14.0 Å². The van der Waals surface area contributed by atoms with Gasteiger partial charge in [0.2, 0.25) is 5.91 Å². The Morgan fingerprint density at radius 3 is 2.69 bits per heavy atom. The number of nitrogens with zero attached hydrogens (tertiary/aromatic N) is 2. The minimum atomic E-state index is -0.344. The van der Waals surface area contributed by atoms with Gasteiger partial charge in [0.05, 0.1) is 11.9 Å². The van der Waals surface area contributed by atoms with Gasteiger partial charge in [-0.05, 0) is 49.2 Å². The van der Waals surface area contributed by atoms with E-state index in [0.29, 0.717) is 24.5 Å². The minimum Gasteiger partial charge on any atom is -0.324 e. The smallest absolute Gasteiger partial charge is 0.321 e. The third kappa shape index (κ3) is 3.24. The number of carbonyl (C=O) groups excluding carboxylic acids is 2. The highest BCUT2D eigenvalue weighted by atomic mass is 19.1. The predicted octanol–water partition coefficient (Wildman–Crippen LogP) is 3.10. The van der Waals surface area contributed by atoms with Crippen LogP contribution in [-0.4, -0.2) is 34.9 Å². The van der Waals surface area contributed by atoms with E-state index >= 15 is 0 Å². The Labute approximate surface area is 150 Å². The molecule has 6 nitrogen and oxygen atoms in total. The van der Waals surface area contributed by atoms with Crippen LogP contribution in [0.4, 0.5) is 20.6 Å². The number of rotatable bonds is 3. The van der Waals surface area contributed by atoms with Crippen molar-refractivity contribution in [2.45, 2.75) is 12.8 Å². The molecule has 2 heterocycles. The van der Waals surface area contributed by atoms with Gasteiger partial charge in [-0.25, -0.2) is 9.18 Å². The van der Waals surface area contributed by atoms with Gasteiger partial charge in [-0.1, -0.05) is 0 Å². The number of hydrogen-bond donors (Lipinski definition) is 2. The molecule has 26 heavy (non-hydrogen) atoms. The number of halogens is 1. The number of anilines is 2. The van der Waals surface area contributed by atoms with Gasteiger partial charge in [0.25, 0.3) is 0 Å². The Morgan fingerprint density at radius 2 is 1.96 bits per heavy atom. The van der Waals surface area contributed by atoms with Crippen molar-refractivity contribution >= 4 is 23.3 Å². The summed E-state index contributed by atoms with van der Waals surface area (Å²) in [6.45, 7) is 1.18. The number of amides is 3. The average molecular weight is 354 g/mol. The summed E-state index contributed by atoms with van der Waals surface area (Å²) in [7, 11) is 0. The molecule has 1 spiro atoms. The van der Waals surface area contributed by atoms with E-state index in [9.17, 15) is 14.0 Å². The molecule has 4 rings (SSSR count). The molecule has 2 N–H and O–H groups in total. The average Bonchev–Trinajstić information content (AvgIpc) is 3.18. The molecular weight excluding hydrogens is 335 g/mol. The lowest BCUT2D eigenvalue weighted by Gasteiger charge is -2.17. The van der Waals surface area contributed by atoms with Crippen molar-refractivity contribution in [3.05, 3.63) is 54.6 Å². The molecule has 1 aliphatic heterocycles. The Kier molecular flexibility index (Phi) is 4.06. The van der Waals surface area contributed by atoms with Gasteiger partial charge in [-0.2, -0.15) is 0 Å². The summed E-state index contributed by atoms with van der Waals surface area (Å²) in [6, 6.07) is 9.03. The van der Waals surface area contributed by atoms with E-state index in [1.165, 1.54) is 24.3 Å². The highest BCUT2D eigenvalue weighted by Crippen LogP contribution is 2.58. The first kappa shape index (κ1) is 16.5. The summed E-state index contributed by atoms with van der Waals surface area (Å²) in [5, 5.41) is 5.66. The highest BCUT2D eigenvalue weighted by molar-refractivity contribution is 5.95. The second kappa shape index (κ2) is 6.40. The fourth-order valence-electron chi connectivity index (χ4n) is 3.64. The van der Waals surface area contributed by atoms with Gasteiger partial charge in [0, 0.05) is 36.3 Å². The zero-order valence-corrected chi connectivity index (χ0v) is 14.1. The van der Waals surface area contributed by atoms with Gasteiger partial charge in [0.1, 0.15) is 5.82 Å². The van der Waals surface area contributed by atoms with E-state index in [4.69, 9.17) is 0 Å². The van der Waals surface area contributed by atoms with Crippen molar-refractivity contribution in [2.24, 2.45) is 11.3 Å². The Morgan fingerprint density at radius 1 is 1.15 bits per heavy atom. The summed E-state index contributed by atoms with van der Waals surface area (Å²) in [5.74, 6) is -0.436. The minimum absolute atomic E-state index is 0.0150. The first-order valence-electron chi connectivity index (χ1n) is 8.58. The second-order valence-corrected chi connectivity index (χ2v) is 6.96. The van der Waals surface area contributed by atoms with E-state index in [-0.39, 0.29) is 29.1 Å². The summed E-state index contributed by atoms with van der Waals surface area (Å²) in [4.78, 5) is 30.5. The summed E-state index contributed by atoms with van der Waals surface area (Å²) >= 11 is 0. The number of urea groups is 1. The fraction of sp³-hybridized carbons (Fsp3) is 0.316. The molecule has 0 radical (unpaired) electrons. The van der Waals surface area contributed by atoms with E-state index < -0.39 is 0 Å². The molecule has 2 atom stereocenters. The van der Waals surface area contributed by atoms with Crippen LogP contribution < -0.4 is 10.6 Å². The summed E-state index contributed by atoms with van der Waals surface area (Å²) in [5.41, 5.74) is 1.12. The van der Waals surface area contributed by atoms with Crippen LogP contribution in [0.15, 0.2) is 48.8 Å². The Balaban J connectivity index is 1.33. The van der Waals surface area contributed by atoms with Crippen LogP contribution >= 0.6 is 0 Å². The zero-order chi connectivity index (χ0) is 18.1. The van der Waals surface area contributed by atoms with Crippen LogP contribution in [0.25, 0.3) is 0 Å². The van der Waals surface area contributed by atoms with E-state index in [1.807, 2.05) is 0 Å². The number of pyridine rings is 1. The van der Waals surface area contributed by atoms with Crippen molar-refractivity contribution in [2.75, 3.05) is 23.7 Å². The van der Waals surface area contributed by atoms with Crippen LogP contribution in [-0.2, 0) is 4.79 Å². The molecule has 0 unspecified atom stereocenters. The molecule has 2 aromatic rings. The maximum atomic E-state index is 12.9. The molecule has 1 saturated carbocycles. The maximum absolute atomic E-state index is 12.9. The molecule has 2 aliphatic rings. The lowest BCUT2D eigenvalue weighted by molar-refractivity contribution is -0.118. The fourth-order valence-corrected chi connectivity index (χ4v) is 3.64. The van der Waals surface area contributed by atoms with Crippen LogP contribution in [0.2, 0.25) is 0 Å². The lowest BCUT2D eigenvalue weighted by Crippen LogP contribution is -2.33. The van der Waals surface area contributed by atoms with E-state index in [0.717, 1.165) is 12.8 Å². The van der Waals surface area contributed by atoms with Gasteiger partial charge in [-0.15, -0.1) is 0 Å². The molecule has 1 aromatic heterocycles. The molecule has 7 heteroatoms. The standard InChI is InChI=1S/C19H19FN4O2/c20-13-3-5-14(6-4-13)23-18(26)24-9-7-19(12-24)10-16(19)17(25)22-15-2-1-8-21-11-15/h1-6,8,11,16H,7,9-10,12H2,(H,22,25)(H,23,26)/t16-,19+/m1/s1. The van der Waals surface area contributed by atoms with Crippen LogP contribution in [0.5, 0.6) is 0 Å². The number of carbonyl (C=O) groups is 2. The number of benzene rings is 1. The Hall–Kier alpha value is -2.96. The van der Waals surface area contributed by atoms with E-state index in [2.05, 4.69) is 15.6 Å². The van der Waals surface area contributed by atoms with Crippen LogP contribution in [0, 0.1) is 17.2 Å². The zero-order valence-electron chi connectivity index (χ0n) is 14.1. The van der Waals surface area contributed by atoms with Crippen molar-refractivity contribution in [1.29, 1.82) is 0 Å². The van der Waals surface area contributed by atoms with Crippen molar-refractivity contribution in [3.8, 4) is 0 Å². The van der Waals surface area contributed by atoms with Gasteiger partial charge < -0.3 is 15.5 Å². The van der Waals surface area contributed by atoms with Gasteiger partial charge >= 0.3 is 6.03 Å². The number of aromatic nitrogens is 1. The van der Waals surface area contributed by atoms with E-state index in [1.54, 1.807) is 29.4 Å². The number of hydrogen-bond acceptors (Lipinski definition) is 3. The third-order valence-corrected chi connectivity index (χ3v) is 5.20. The van der Waals surface area contributed by atoms with Crippen LogP contribution in [0.3, 0.4) is 0 Å².